The molecule has 2 aromatic carbocycles. The third-order valence-electron chi connectivity index (χ3n) is 5.32. The zero-order valence-electron chi connectivity index (χ0n) is 15.2. The summed E-state index contributed by atoms with van der Waals surface area (Å²) in [6.07, 6.45) is 5.12. The van der Waals surface area contributed by atoms with E-state index >= 15 is 0 Å². The molecule has 5 rings (SSSR count). The summed E-state index contributed by atoms with van der Waals surface area (Å²) < 4.78 is 12.2. The molecule has 28 heavy (non-hydrogen) atoms. The third kappa shape index (κ3) is 2.79. The van der Waals surface area contributed by atoms with Crippen LogP contribution in [0, 0.1) is 0 Å². The summed E-state index contributed by atoms with van der Waals surface area (Å²) in [5.74, 6) is 0.380. The first kappa shape index (κ1) is 16.8. The Morgan fingerprint density at radius 2 is 1.75 bits per heavy atom. The molecule has 0 bridgehead atoms. The molecule has 142 valence electrons. The van der Waals surface area contributed by atoms with Crippen LogP contribution in [0.25, 0.3) is 10.8 Å². The minimum absolute atomic E-state index is 0.164. The normalized spacial score (nSPS) is 17.0. The van der Waals surface area contributed by atoms with Crippen LogP contribution in [0.1, 0.15) is 42.6 Å². The van der Waals surface area contributed by atoms with Crippen molar-refractivity contribution in [2.75, 3.05) is 5.32 Å². The maximum Gasteiger partial charge on any atom is 0.276 e. The maximum atomic E-state index is 12.8. The monoisotopic (exact) mass is 377 g/mol. The number of nitrogens with one attached hydrogen (secondary N) is 2. The van der Waals surface area contributed by atoms with Gasteiger partial charge in [-0.05, 0) is 31.0 Å². The summed E-state index contributed by atoms with van der Waals surface area (Å²) in [5, 5.41) is 10.1. The van der Waals surface area contributed by atoms with E-state index in [4.69, 9.17) is 9.47 Å². The number of carbonyl (C=O) groups excluding carboxylic acids is 1. The van der Waals surface area contributed by atoms with Gasteiger partial charge in [0, 0.05) is 30.0 Å². The van der Waals surface area contributed by atoms with Crippen LogP contribution in [0.5, 0.6) is 11.5 Å². The Balaban J connectivity index is 1.41. The Morgan fingerprint density at radius 1 is 1.00 bits per heavy atom. The van der Waals surface area contributed by atoms with E-state index in [0.29, 0.717) is 28.0 Å². The van der Waals surface area contributed by atoms with E-state index in [1.165, 1.54) is 6.42 Å². The highest BCUT2D eigenvalue weighted by Crippen LogP contribution is 2.46. The van der Waals surface area contributed by atoms with E-state index < -0.39 is 11.7 Å². The minimum Gasteiger partial charge on any atom is -0.448 e. The Hall–Kier alpha value is -3.35. The largest absolute Gasteiger partial charge is 0.448 e. The minimum atomic E-state index is -0.556. The molecular formula is C21H19N3O4. The number of hydrogen-bond donors (Lipinski definition) is 2. The van der Waals surface area contributed by atoms with E-state index in [2.05, 4.69) is 15.5 Å². The second kappa shape index (κ2) is 6.37. The zero-order chi connectivity index (χ0) is 19.1. The molecule has 0 radical (unpaired) electrons. The molecule has 1 saturated carbocycles. The SMILES string of the molecule is O=C(Nc1ccc2c(c1)OC1(CCCCC1)O2)c1n[nH]c(=O)c2ccccc12. The fourth-order valence-corrected chi connectivity index (χ4v) is 3.94. The zero-order valence-corrected chi connectivity index (χ0v) is 15.2. The average molecular weight is 377 g/mol. The molecule has 1 fully saturated rings. The van der Waals surface area contributed by atoms with Gasteiger partial charge in [-0.2, -0.15) is 5.10 Å². The van der Waals surface area contributed by atoms with Gasteiger partial charge in [-0.25, -0.2) is 5.10 Å². The first-order valence-electron chi connectivity index (χ1n) is 9.44. The second-order valence-electron chi connectivity index (χ2n) is 7.24. The first-order valence-corrected chi connectivity index (χ1v) is 9.44. The summed E-state index contributed by atoms with van der Waals surface area (Å²) in [6, 6.07) is 12.2. The molecule has 3 aromatic rings. The molecule has 1 aromatic heterocycles. The topological polar surface area (TPSA) is 93.3 Å². The molecule has 2 N–H and O–H groups in total. The number of nitrogens with zero attached hydrogens (tertiary/aromatic N) is 1. The Kier molecular flexibility index (Phi) is 3.82. The van der Waals surface area contributed by atoms with E-state index in [-0.39, 0.29) is 11.3 Å². The van der Waals surface area contributed by atoms with Gasteiger partial charge in [0.05, 0.1) is 5.39 Å². The summed E-state index contributed by atoms with van der Waals surface area (Å²) in [6.45, 7) is 0. The molecule has 2 aliphatic rings. The molecular weight excluding hydrogens is 358 g/mol. The highest BCUT2D eigenvalue weighted by atomic mass is 16.7. The van der Waals surface area contributed by atoms with Gasteiger partial charge in [0.15, 0.2) is 17.2 Å². The molecule has 7 heteroatoms. The first-order chi connectivity index (χ1) is 13.6. The van der Waals surface area contributed by atoms with Crippen LogP contribution in [0.15, 0.2) is 47.3 Å². The molecule has 2 heterocycles. The van der Waals surface area contributed by atoms with E-state index in [9.17, 15) is 9.59 Å². The van der Waals surface area contributed by atoms with Crippen LogP contribution in [0.4, 0.5) is 5.69 Å². The lowest BCUT2D eigenvalue weighted by atomic mass is 9.94. The number of hydrogen-bond acceptors (Lipinski definition) is 5. The van der Waals surface area contributed by atoms with Gasteiger partial charge in [0.2, 0.25) is 0 Å². The summed E-state index contributed by atoms with van der Waals surface area (Å²) in [7, 11) is 0. The van der Waals surface area contributed by atoms with Crippen molar-refractivity contribution >= 4 is 22.4 Å². The Labute approximate surface area is 160 Å². The predicted molar refractivity (Wildman–Crippen MR) is 104 cm³/mol. The molecule has 1 aliphatic carbocycles. The maximum absolute atomic E-state index is 12.8. The van der Waals surface area contributed by atoms with Crippen molar-refractivity contribution in [2.24, 2.45) is 0 Å². The molecule has 1 spiro atoms. The van der Waals surface area contributed by atoms with Gasteiger partial charge < -0.3 is 14.8 Å². The van der Waals surface area contributed by atoms with Crippen LogP contribution in [0.3, 0.4) is 0 Å². The molecule has 0 saturated heterocycles. The lowest BCUT2D eigenvalue weighted by Crippen LogP contribution is -2.40. The number of benzene rings is 2. The van der Waals surface area contributed by atoms with Crippen LogP contribution < -0.4 is 20.3 Å². The number of aromatic nitrogens is 2. The average Bonchev–Trinajstić information content (AvgIpc) is 3.05. The highest BCUT2D eigenvalue weighted by Gasteiger charge is 2.42. The number of aromatic amines is 1. The van der Waals surface area contributed by atoms with Gasteiger partial charge in [-0.3, -0.25) is 9.59 Å². The number of ether oxygens (including phenoxy) is 2. The lowest BCUT2D eigenvalue weighted by Gasteiger charge is -2.31. The van der Waals surface area contributed by atoms with Crippen LogP contribution in [0.2, 0.25) is 0 Å². The molecule has 1 aliphatic heterocycles. The summed E-state index contributed by atoms with van der Waals surface area (Å²) in [5.41, 5.74) is 0.418. The van der Waals surface area contributed by atoms with Crippen molar-refractivity contribution < 1.29 is 14.3 Å². The number of fused-ring (bicyclic) bond motifs is 2. The van der Waals surface area contributed by atoms with Gasteiger partial charge >= 0.3 is 0 Å². The van der Waals surface area contributed by atoms with E-state index in [1.54, 1.807) is 36.4 Å². The van der Waals surface area contributed by atoms with Crippen molar-refractivity contribution in [3.8, 4) is 11.5 Å². The molecule has 0 unspecified atom stereocenters. The number of carbonyl (C=O) groups is 1. The number of anilines is 1. The summed E-state index contributed by atoms with van der Waals surface area (Å²) >= 11 is 0. The second-order valence-corrected chi connectivity index (χ2v) is 7.24. The standard InChI is InChI=1S/C21H19N3O4/c25-19-15-7-3-2-6-14(15)18(23-24-19)20(26)22-13-8-9-16-17(12-13)28-21(27-16)10-4-1-5-11-21/h2-3,6-9,12H,1,4-5,10-11H2,(H,22,26)(H,24,25). The number of H-pyrrole nitrogens is 1. The smallest absolute Gasteiger partial charge is 0.276 e. The van der Waals surface area contributed by atoms with Crippen molar-refractivity contribution in [2.45, 2.75) is 37.9 Å². The van der Waals surface area contributed by atoms with Crippen LogP contribution in [-0.4, -0.2) is 21.9 Å². The van der Waals surface area contributed by atoms with Crippen molar-refractivity contribution in [1.82, 2.24) is 10.2 Å². The molecule has 1 amide bonds. The molecule has 0 atom stereocenters. The van der Waals surface area contributed by atoms with Gasteiger partial charge in [0.1, 0.15) is 0 Å². The third-order valence-corrected chi connectivity index (χ3v) is 5.32. The lowest BCUT2D eigenvalue weighted by molar-refractivity contribution is -0.105. The quantitative estimate of drug-likeness (QED) is 0.712. The van der Waals surface area contributed by atoms with Gasteiger partial charge in [-0.1, -0.05) is 24.6 Å². The number of amides is 1. The van der Waals surface area contributed by atoms with E-state index in [0.717, 1.165) is 25.7 Å². The number of rotatable bonds is 2. The van der Waals surface area contributed by atoms with Crippen molar-refractivity contribution in [1.29, 1.82) is 0 Å². The summed E-state index contributed by atoms with van der Waals surface area (Å²) in [4.78, 5) is 24.7. The van der Waals surface area contributed by atoms with E-state index in [1.807, 2.05) is 6.07 Å². The predicted octanol–water partition coefficient (Wildman–Crippen LogP) is 3.61. The Morgan fingerprint density at radius 3 is 2.57 bits per heavy atom. The molecule has 7 nitrogen and oxygen atoms in total. The van der Waals surface area contributed by atoms with Crippen molar-refractivity contribution in [3.63, 3.8) is 0 Å². The van der Waals surface area contributed by atoms with Crippen LogP contribution in [-0.2, 0) is 0 Å². The fourth-order valence-electron chi connectivity index (χ4n) is 3.94. The van der Waals surface area contributed by atoms with Gasteiger partial charge in [-0.15, -0.1) is 0 Å². The van der Waals surface area contributed by atoms with Crippen LogP contribution >= 0.6 is 0 Å². The Bertz CT molecular complexity index is 1130. The van der Waals surface area contributed by atoms with Gasteiger partial charge in [0.25, 0.3) is 17.3 Å². The van der Waals surface area contributed by atoms with Crippen molar-refractivity contribution in [3.05, 3.63) is 58.5 Å². The highest BCUT2D eigenvalue weighted by molar-refractivity contribution is 6.11. The fraction of sp³-hybridized carbons (Fsp3) is 0.286.